The molecule has 4 rings (SSSR count). The molecule has 10 heteroatoms. The molecule has 0 aliphatic heterocycles. The maximum absolute atomic E-state index is 12.6. The number of hydrogen-bond donors (Lipinski definition) is 2. The highest BCUT2D eigenvalue weighted by atomic mass is 35.5. The van der Waals surface area contributed by atoms with Gasteiger partial charge in [-0.15, -0.1) is 23.7 Å². The summed E-state index contributed by atoms with van der Waals surface area (Å²) in [6, 6.07) is 11.0. The fourth-order valence-electron chi connectivity index (χ4n) is 2.65. The van der Waals surface area contributed by atoms with Crippen molar-refractivity contribution in [2.24, 2.45) is 10.7 Å². The summed E-state index contributed by atoms with van der Waals surface area (Å²) in [7, 11) is 0. The van der Waals surface area contributed by atoms with Crippen LogP contribution in [0.25, 0.3) is 21.3 Å². The van der Waals surface area contributed by atoms with Crippen LogP contribution in [0.15, 0.2) is 62.2 Å². The van der Waals surface area contributed by atoms with E-state index < -0.39 is 0 Å². The minimum absolute atomic E-state index is 0. The first-order chi connectivity index (χ1) is 13.6. The highest BCUT2D eigenvalue weighted by Gasteiger charge is 2.13. The molecule has 4 aromatic rings. The third-order valence-corrected chi connectivity index (χ3v) is 5.94. The average Bonchev–Trinajstić information content (AvgIpc) is 3.35. The van der Waals surface area contributed by atoms with Crippen molar-refractivity contribution in [2.45, 2.75) is 12.3 Å². The molecular formula is C19H16Cl2N4O2S2. The lowest BCUT2D eigenvalue weighted by Crippen LogP contribution is -2.13. The standard InChI is InChI=1S/C19H15ClN4O2S2.ClH/c20-12-5-3-11(4-6-12)14-9-27-18-16(14)17(25)23-15(24-18)10-28-19(21)22-8-13-2-1-7-26-13;/h1-7,9H,8,10H2,(H2,21,22)(H,23,24,25);1H. The van der Waals surface area contributed by atoms with Crippen LogP contribution in [0.2, 0.25) is 5.02 Å². The summed E-state index contributed by atoms with van der Waals surface area (Å²) in [5.41, 5.74) is 7.54. The zero-order valence-electron chi connectivity index (χ0n) is 14.9. The number of furan rings is 1. The third-order valence-electron chi connectivity index (χ3n) is 3.98. The van der Waals surface area contributed by atoms with Gasteiger partial charge in [-0.25, -0.2) is 4.98 Å². The van der Waals surface area contributed by atoms with Gasteiger partial charge in [0.15, 0.2) is 5.17 Å². The van der Waals surface area contributed by atoms with Crippen LogP contribution in [0.1, 0.15) is 11.6 Å². The molecule has 3 N–H and O–H groups in total. The summed E-state index contributed by atoms with van der Waals surface area (Å²) in [4.78, 5) is 25.0. The Kier molecular flexibility index (Phi) is 7.02. The van der Waals surface area contributed by atoms with Crippen LogP contribution >= 0.6 is 47.1 Å². The minimum atomic E-state index is -0.169. The van der Waals surface area contributed by atoms with Crippen molar-refractivity contribution in [3.63, 3.8) is 0 Å². The Morgan fingerprint density at radius 2 is 2.10 bits per heavy atom. The number of aromatic nitrogens is 2. The number of H-pyrrole nitrogens is 1. The van der Waals surface area contributed by atoms with E-state index in [4.69, 9.17) is 21.8 Å². The van der Waals surface area contributed by atoms with Gasteiger partial charge < -0.3 is 15.1 Å². The lowest BCUT2D eigenvalue weighted by molar-refractivity contribution is 0.513. The number of rotatable bonds is 5. The molecule has 0 spiro atoms. The molecule has 3 heterocycles. The lowest BCUT2D eigenvalue weighted by Gasteiger charge is -2.03. The number of fused-ring (bicyclic) bond motifs is 1. The fraction of sp³-hybridized carbons (Fsp3) is 0.105. The second-order valence-corrected chi connectivity index (χ2v) is 8.16. The predicted octanol–water partition coefficient (Wildman–Crippen LogP) is 5.07. The van der Waals surface area contributed by atoms with Gasteiger partial charge in [0.2, 0.25) is 0 Å². The van der Waals surface area contributed by atoms with Gasteiger partial charge in [0.1, 0.15) is 16.4 Å². The molecule has 0 saturated carbocycles. The largest absolute Gasteiger partial charge is 0.467 e. The second-order valence-electron chi connectivity index (χ2n) is 5.87. The normalized spacial score (nSPS) is 11.6. The summed E-state index contributed by atoms with van der Waals surface area (Å²) >= 11 is 8.70. The zero-order valence-corrected chi connectivity index (χ0v) is 18.1. The van der Waals surface area contributed by atoms with Crippen LogP contribution < -0.4 is 11.3 Å². The van der Waals surface area contributed by atoms with E-state index in [1.54, 1.807) is 24.5 Å². The van der Waals surface area contributed by atoms with Crippen molar-refractivity contribution in [3.05, 3.63) is 75.0 Å². The van der Waals surface area contributed by atoms with E-state index in [2.05, 4.69) is 15.0 Å². The summed E-state index contributed by atoms with van der Waals surface area (Å²) in [5.74, 6) is 1.72. The number of hydrogen-bond acceptors (Lipinski definition) is 6. The van der Waals surface area contributed by atoms with Crippen molar-refractivity contribution < 1.29 is 4.42 Å². The van der Waals surface area contributed by atoms with E-state index in [0.717, 1.165) is 16.9 Å². The molecule has 0 aliphatic carbocycles. The average molecular weight is 467 g/mol. The minimum Gasteiger partial charge on any atom is -0.467 e. The van der Waals surface area contributed by atoms with Gasteiger partial charge in [-0.1, -0.05) is 35.5 Å². The molecule has 3 aromatic heterocycles. The Labute approximate surface area is 185 Å². The third kappa shape index (κ3) is 5.02. The highest BCUT2D eigenvalue weighted by molar-refractivity contribution is 8.13. The highest BCUT2D eigenvalue weighted by Crippen LogP contribution is 2.31. The summed E-state index contributed by atoms with van der Waals surface area (Å²) < 4.78 is 5.22. The monoisotopic (exact) mass is 466 g/mol. The Hall–Kier alpha value is -2.26. The molecule has 0 unspecified atom stereocenters. The molecule has 150 valence electrons. The quantitative estimate of drug-likeness (QED) is 0.316. The van der Waals surface area contributed by atoms with Gasteiger partial charge in [-0.3, -0.25) is 9.79 Å². The molecule has 0 amide bonds. The van der Waals surface area contributed by atoms with Gasteiger partial charge in [0, 0.05) is 16.0 Å². The number of thiophene rings is 1. The SMILES string of the molecule is Cl.NC(=NCc1ccco1)SCc1nc2scc(-c3ccc(Cl)cc3)c2c(=O)[nH]1. The molecule has 0 radical (unpaired) electrons. The number of halogens is 2. The van der Waals surface area contributed by atoms with Crippen LogP contribution in [0, 0.1) is 0 Å². The number of amidine groups is 1. The van der Waals surface area contributed by atoms with Crippen molar-refractivity contribution in [3.8, 4) is 11.1 Å². The summed E-state index contributed by atoms with van der Waals surface area (Å²) in [6.45, 7) is 0.379. The van der Waals surface area contributed by atoms with E-state index in [1.165, 1.54) is 23.1 Å². The molecule has 0 fully saturated rings. The van der Waals surface area contributed by atoms with Crippen LogP contribution in [-0.4, -0.2) is 15.1 Å². The fourth-order valence-corrected chi connectivity index (χ4v) is 4.32. The van der Waals surface area contributed by atoms with Gasteiger partial charge in [-0.2, -0.15) is 0 Å². The zero-order chi connectivity index (χ0) is 19.5. The molecule has 0 atom stereocenters. The number of aliphatic imine (C=N–C) groups is 1. The smallest absolute Gasteiger partial charge is 0.260 e. The number of nitrogens with zero attached hydrogens (tertiary/aromatic N) is 2. The number of nitrogens with one attached hydrogen (secondary N) is 1. The van der Waals surface area contributed by atoms with E-state index in [0.29, 0.717) is 38.5 Å². The topological polar surface area (TPSA) is 97.3 Å². The van der Waals surface area contributed by atoms with Crippen molar-refractivity contribution >= 4 is 62.5 Å². The van der Waals surface area contributed by atoms with Gasteiger partial charge in [-0.05, 0) is 29.8 Å². The second kappa shape index (κ2) is 9.49. The molecule has 1 aromatic carbocycles. The Balaban J connectivity index is 0.00000240. The van der Waals surface area contributed by atoms with Crippen LogP contribution in [0.3, 0.4) is 0 Å². The number of nitrogens with two attached hydrogens (primary N) is 1. The number of thioether (sulfide) groups is 1. The van der Waals surface area contributed by atoms with Crippen molar-refractivity contribution in [2.75, 3.05) is 0 Å². The van der Waals surface area contributed by atoms with E-state index in [1.807, 2.05) is 23.6 Å². The first kappa shape index (κ1) is 21.4. The predicted molar refractivity (Wildman–Crippen MR) is 123 cm³/mol. The van der Waals surface area contributed by atoms with E-state index in [9.17, 15) is 4.79 Å². The van der Waals surface area contributed by atoms with Crippen LogP contribution in [-0.2, 0) is 12.3 Å². The molecule has 0 aliphatic rings. The molecular weight excluding hydrogens is 451 g/mol. The summed E-state index contributed by atoms with van der Waals surface area (Å²) in [5, 5.41) is 3.58. The Bertz CT molecular complexity index is 1190. The first-order valence-electron chi connectivity index (χ1n) is 8.31. The maximum Gasteiger partial charge on any atom is 0.260 e. The molecule has 0 saturated heterocycles. The van der Waals surface area contributed by atoms with Gasteiger partial charge >= 0.3 is 0 Å². The maximum atomic E-state index is 12.6. The van der Waals surface area contributed by atoms with E-state index >= 15 is 0 Å². The summed E-state index contributed by atoms with van der Waals surface area (Å²) in [6.07, 6.45) is 1.59. The Morgan fingerprint density at radius 3 is 2.83 bits per heavy atom. The van der Waals surface area contributed by atoms with Crippen LogP contribution in [0.4, 0.5) is 0 Å². The van der Waals surface area contributed by atoms with Crippen molar-refractivity contribution in [1.29, 1.82) is 0 Å². The number of aromatic amines is 1. The molecule has 6 nitrogen and oxygen atoms in total. The Morgan fingerprint density at radius 1 is 1.31 bits per heavy atom. The number of benzene rings is 1. The van der Waals surface area contributed by atoms with E-state index in [-0.39, 0.29) is 18.0 Å². The molecule has 29 heavy (non-hydrogen) atoms. The molecule has 0 bridgehead atoms. The van der Waals surface area contributed by atoms with Gasteiger partial charge in [0.25, 0.3) is 5.56 Å². The van der Waals surface area contributed by atoms with Crippen LogP contribution in [0.5, 0.6) is 0 Å². The van der Waals surface area contributed by atoms with Crippen molar-refractivity contribution in [1.82, 2.24) is 9.97 Å². The lowest BCUT2D eigenvalue weighted by atomic mass is 10.1. The first-order valence-corrected chi connectivity index (χ1v) is 10.6. The van der Waals surface area contributed by atoms with Gasteiger partial charge in [0.05, 0.1) is 23.9 Å².